The minimum Gasteiger partial charge on any atom is -0.335 e. The molecule has 120 valence electrons. The fraction of sp³-hybridized carbons (Fsp3) is 0.316. The predicted molar refractivity (Wildman–Crippen MR) is 93.8 cm³/mol. The van der Waals surface area contributed by atoms with E-state index in [2.05, 4.69) is 12.1 Å². The molecule has 1 amide bonds. The lowest BCUT2D eigenvalue weighted by atomic mass is 9.94. The van der Waals surface area contributed by atoms with Crippen molar-refractivity contribution in [1.82, 2.24) is 4.90 Å². The van der Waals surface area contributed by atoms with Gasteiger partial charge >= 0.3 is 0 Å². The molecule has 0 spiro atoms. The summed E-state index contributed by atoms with van der Waals surface area (Å²) in [7, 11) is -0.895. The number of rotatable bonds is 5. The molecule has 2 atom stereocenters. The van der Waals surface area contributed by atoms with Crippen molar-refractivity contribution in [3.63, 3.8) is 0 Å². The number of amides is 1. The van der Waals surface area contributed by atoms with Crippen LogP contribution in [-0.4, -0.2) is 33.9 Å². The van der Waals surface area contributed by atoms with E-state index in [0.29, 0.717) is 11.3 Å². The second-order valence-corrected chi connectivity index (χ2v) is 7.48. The Balaban J connectivity index is 1.69. The number of carbonyl (C=O) groups is 1. The SMILES string of the molecule is CS(=O)Cc1cccc(C(=O)N2CCC2Cc2ccccc2)c1. The van der Waals surface area contributed by atoms with Crippen molar-refractivity contribution < 1.29 is 9.00 Å². The Bertz CT molecular complexity index is 714. The lowest BCUT2D eigenvalue weighted by Gasteiger charge is -2.41. The second kappa shape index (κ2) is 7.09. The minimum absolute atomic E-state index is 0.0842. The summed E-state index contributed by atoms with van der Waals surface area (Å²) in [5.74, 6) is 0.579. The van der Waals surface area contributed by atoms with E-state index in [1.54, 1.807) is 6.26 Å². The Morgan fingerprint density at radius 1 is 1.13 bits per heavy atom. The molecule has 2 aromatic rings. The van der Waals surface area contributed by atoms with Gasteiger partial charge in [-0.1, -0.05) is 42.5 Å². The summed E-state index contributed by atoms with van der Waals surface area (Å²) in [5, 5.41) is 0. The van der Waals surface area contributed by atoms with E-state index in [-0.39, 0.29) is 11.9 Å². The van der Waals surface area contributed by atoms with Gasteiger partial charge in [-0.2, -0.15) is 0 Å². The Labute approximate surface area is 139 Å². The summed E-state index contributed by atoms with van der Waals surface area (Å²) in [6.45, 7) is 0.820. The van der Waals surface area contributed by atoms with Gasteiger partial charge in [0, 0.05) is 41.0 Å². The number of nitrogens with zero attached hydrogens (tertiary/aromatic N) is 1. The summed E-state index contributed by atoms with van der Waals surface area (Å²) in [6.07, 6.45) is 3.64. The highest BCUT2D eigenvalue weighted by Crippen LogP contribution is 2.24. The molecule has 0 N–H and O–H groups in total. The summed E-state index contributed by atoms with van der Waals surface area (Å²) < 4.78 is 11.4. The molecule has 4 heteroatoms. The lowest BCUT2D eigenvalue weighted by molar-refractivity contribution is 0.0464. The van der Waals surface area contributed by atoms with Crippen molar-refractivity contribution in [3.8, 4) is 0 Å². The lowest BCUT2D eigenvalue weighted by Crippen LogP contribution is -2.52. The van der Waals surface area contributed by atoms with E-state index in [9.17, 15) is 9.00 Å². The first-order valence-corrected chi connectivity index (χ1v) is 9.60. The van der Waals surface area contributed by atoms with Gasteiger partial charge in [0.2, 0.25) is 0 Å². The number of hydrogen-bond acceptors (Lipinski definition) is 2. The van der Waals surface area contributed by atoms with Crippen LogP contribution in [0.1, 0.15) is 27.9 Å². The summed E-state index contributed by atoms with van der Waals surface area (Å²) in [5.41, 5.74) is 2.92. The fourth-order valence-corrected chi connectivity index (χ4v) is 3.65. The third kappa shape index (κ3) is 3.88. The summed E-state index contributed by atoms with van der Waals surface area (Å²) in [4.78, 5) is 14.7. The fourth-order valence-electron chi connectivity index (χ4n) is 3.00. The second-order valence-electron chi connectivity index (χ2n) is 6.05. The molecule has 1 heterocycles. The number of hydrogen-bond donors (Lipinski definition) is 0. The molecule has 0 saturated carbocycles. The van der Waals surface area contributed by atoms with Gasteiger partial charge in [0.1, 0.15) is 0 Å². The monoisotopic (exact) mass is 327 g/mol. The molecule has 1 aliphatic heterocycles. The third-order valence-corrected chi connectivity index (χ3v) is 5.00. The number of likely N-dealkylation sites (tertiary alicyclic amines) is 1. The van der Waals surface area contributed by atoms with Gasteiger partial charge in [0.25, 0.3) is 5.91 Å². The van der Waals surface area contributed by atoms with Gasteiger partial charge in [-0.05, 0) is 36.1 Å². The molecule has 0 radical (unpaired) electrons. The molecule has 0 aromatic heterocycles. The zero-order valence-electron chi connectivity index (χ0n) is 13.3. The van der Waals surface area contributed by atoms with Crippen molar-refractivity contribution in [2.24, 2.45) is 0 Å². The van der Waals surface area contributed by atoms with Gasteiger partial charge in [0.15, 0.2) is 0 Å². The summed E-state index contributed by atoms with van der Waals surface area (Å²) >= 11 is 0. The van der Waals surface area contributed by atoms with Crippen LogP contribution in [0.5, 0.6) is 0 Å². The maximum Gasteiger partial charge on any atom is 0.254 e. The van der Waals surface area contributed by atoms with E-state index >= 15 is 0 Å². The largest absolute Gasteiger partial charge is 0.335 e. The van der Waals surface area contributed by atoms with E-state index in [0.717, 1.165) is 24.9 Å². The predicted octanol–water partition coefficient (Wildman–Crippen LogP) is 3.02. The molecule has 3 rings (SSSR count). The first-order valence-electron chi connectivity index (χ1n) is 7.87. The number of benzene rings is 2. The Morgan fingerprint density at radius 2 is 1.87 bits per heavy atom. The van der Waals surface area contributed by atoms with Crippen molar-refractivity contribution in [3.05, 3.63) is 71.3 Å². The quantitative estimate of drug-likeness (QED) is 0.846. The first-order chi connectivity index (χ1) is 11.1. The van der Waals surface area contributed by atoms with Gasteiger partial charge in [-0.25, -0.2) is 0 Å². The van der Waals surface area contributed by atoms with Crippen molar-refractivity contribution in [1.29, 1.82) is 0 Å². The van der Waals surface area contributed by atoms with Crippen LogP contribution in [0.2, 0.25) is 0 Å². The van der Waals surface area contributed by atoms with Crippen LogP contribution in [0.15, 0.2) is 54.6 Å². The van der Waals surface area contributed by atoms with E-state index in [1.807, 2.05) is 47.4 Å². The molecule has 1 fully saturated rings. The van der Waals surface area contributed by atoms with Crippen LogP contribution >= 0.6 is 0 Å². The standard InChI is InChI=1S/C19H21NO2S/c1-23(22)14-16-8-5-9-17(12-16)19(21)20-11-10-18(20)13-15-6-3-2-4-7-15/h2-9,12,18H,10-11,13-14H2,1H3. The van der Waals surface area contributed by atoms with Crippen LogP contribution in [0.25, 0.3) is 0 Å². The highest BCUT2D eigenvalue weighted by Gasteiger charge is 2.32. The van der Waals surface area contributed by atoms with Crippen LogP contribution in [0.4, 0.5) is 0 Å². The Kier molecular flexibility index (Phi) is 4.91. The molecule has 0 aliphatic carbocycles. The average Bonchev–Trinajstić information content (AvgIpc) is 2.52. The highest BCUT2D eigenvalue weighted by molar-refractivity contribution is 7.83. The zero-order valence-corrected chi connectivity index (χ0v) is 14.1. The topological polar surface area (TPSA) is 37.4 Å². The molecule has 1 saturated heterocycles. The Morgan fingerprint density at radius 3 is 2.52 bits per heavy atom. The van der Waals surface area contributed by atoms with Crippen LogP contribution in [0, 0.1) is 0 Å². The van der Waals surface area contributed by atoms with Crippen LogP contribution in [0.3, 0.4) is 0 Å². The molecule has 0 bridgehead atoms. The van der Waals surface area contributed by atoms with Crippen LogP contribution in [-0.2, 0) is 23.0 Å². The van der Waals surface area contributed by atoms with Gasteiger partial charge in [-0.3, -0.25) is 9.00 Å². The maximum atomic E-state index is 12.7. The highest BCUT2D eigenvalue weighted by atomic mass is 32.2. The number of carbonyl (C=O) groups excluding carboxylic acids is 1. The molecular weight excluding hydrogens is 306 g/mol. The average molecular weight is 327 g/mol. The smallest absolute Gasteiger partial charge is 0.254 e. The Hall–Kier alpha value is -1.94. The molecule has 1 aliphatic rings. The van der Waals surface area contributed by atoms with E-state index in [4.69, 9.17) is 0 Å². The van der Waals surface area contributed by atoms with E-state index in [1.165, 1.54) is 5.56 Å². The van der Waals surface area contributed by atoms with Gasteiger partial charge < -0.3 is 4.90 Å². The zero-order chi connectivity index (χ0) is 16.2. The minimum atomic E-state index is -0.895. The maximum absolute atomic E-state index is 12.7. The van der Waals surface area contributed by atoms with Crippen molar-refractivity contribution in [2.45, 2.75) is 24.6 Å². The van der Waals surface area contributed by atoms with Crippen molar-refractivity contribution >= 4 is 16.7 Å². The van der Waals surface area contributed by atoms with Gasteiger partial charge in [0.05, 0.1) is 0 Å². The van der Waals surface area contributed by atoms with Gasteiger partial charge in [-0.15, -0.1) is 0 Å². The summed E-state index contributed by atoms with van der Waals surface area (Å²) in [6, 6.07) is 18.1. The first kappa shape index (κ1) is 15.9. The normalized spacial score (nSPS) is 18.3. The molecule has 23 heavy (non-hydrogen) atoms. The van der Waals surface area contributed by atoms with Crippen molar-refractivity contribution in [2.75, 3.05) is 12.8 Å². The molecule has 2 unspecified atom stereocenters. The third-order valence-electron chi connectivity index (χ3n) is 4.26. The van der Waals surface area contributed by atoms with E-state index < -0.39 is 10.8 Å². The molecule has 3 nitrogen and oxygen atoms in total. The molecule has 2 aromatic carbocycles. The molecular formula is C19H21NO2S. The van der Waals surface area contributed by atoms with Crippen LogP contribution < -0.4 is 0 Å².